The molecule has 21 heavy (non-hydrogen) atoms. The molecule has 118 valence electrons. The number of hydrogen-bond acceptors (Lipinski definition) is 4. The molecule has 0 aliphatic carbocycles. The van der Waals surface area contributed by atoms with E-state index in [1.54, 1.807) is 0 Å². The predicted molar refractivity (Wildman–Crippen MR) is 84.1 cm³/mol. The quantitative estimate of drug-likeness (QED) is 0.532. The lowest BCUT2D eigenvalue weighted by Gasteiger charge is -2.17. The summed E-state index contributed by atoms with van der Waals surface area (Å²) in [4.78, 5) is 12.0. The Hall–Kier alpha value is -1.39. The van der Waals surface area contributed by atoms with Crippen molar-refractivity contribution in [1.82, 2.24) is 5.32 Å². The maximum Gasteiger partial charge on any atom is 0.327 e. The maximum atomic E-state index is 12.0. The van der Waals surface area contributed by atoms with Gasteiger partial charge in [-0.2, -0.15) is 0 Å². The van der Waals surface area contributed by atoms with Gasteiger partial charge in [-0.05, 0) is 31.4 Å². The number of carbonyl (C=O) groups is 1. The van der Waals surface area contributed by atoms with Crippen LogP contribution in [0.25, 0.3) is 0 Å². The lowest BCUT2D eigenvalue weighted by Crippen LogP contribution is -2.31. The smallest absolute Gasteiger partial charge is 0.327 e. The standard InChI is InChI=1S/C17H27NO3/c1-4-21-17(19)16(15-9-6-5-7-10-15)18-11-8-12-20-13-14(2)3/h5-7,9-10,14,16,18H,4,8,11-13H2,1-3H3. The second kappa shape index (κ2) is 10.4. The SMILES string of the molecule is CCOC(=O)C(NCCCOCC(C)C)c1ccccc1. The van der Waals surface area contributed by atoms with Gasteiger partial charge < -0.3 is 14.8 Å². The van der Waals surface area contributed by atoms with E-state index < -0.39 is 6.04 Å². The van der Waals surface area contributed by atoms with Crippen LogP contribution in [0.3, 0.4) is 0 Å². The van der Waals surface area contributed by atoms with E-state index in [0.29, 0.717) is 19.1 Å². The van der Waals surface area contributed by atoms with E-state index in [2.05, 4.69) is 19.2 Å². The lowest BCUT2D eigenvalue weighted by atomic mass is 10.1. The summed E-state index contributed by atoms with van der Waals surface area (Å²) < 4.78 is 10.7. The molecule has 1 rings (SSSR count). The van der Waals surface area contributed by atoms with E-state index in [-0.39, 0.29) is 5.97 Å². The highest BCUT2D eigenvalue weighted by atomic mass is 16.5. The zero-order valence-electron chi connectivity index (χ0n) is 13.3. The molecule has 0 spiro atoms. The molecule has 1 aromatic carbocycles. The summed E-state index contributed by atoms with van der Waals surface area (Å²) in [5.41, 5.74) is 0.930. The number of hydrogen-bond donors (Lipinski definition) is 1. The minimum Gasteiger partial charge on any atom is -0.465 e. The first-order chi connectivity index (χ1) is 10.1. The molecule has 1 unspecified atom stereocenters. The van der Waals surface area contributed by atoms with E-state index in [9.17, 15) is 4.79 Å². The zero-order chi connectivity index (χ0) is 15.5. The van der Waals surface area contributed by atoms with Crippen LogP contribution in [0.15, 0.2) is 30.3 Å². The van der Waals surface area contributed by atoms with Crippen molar-refractivity contribution < 1.29 is 14.3 Å². The van der Waals surface area contributed by atoms with Crippen molar-refractivity contribution in [3.63, 3.8) is 0 Å². The van der Waals surface area contributed by atoms with Gasteiger partial charge >= 0.3 is 5.97 Å². The fourth-order valence-corrected chi connectivity index (χ4v) is 1.95. The Kier molecular flexibility index (Phi) is 8.71. The van der Waals surface area contributed by atoms with Crippen molar-refractivity contribution in [2.75, 3.05) is 26.4 Å². The van der Waals surface area contributed by atoms with Crippen LogP contribution in [-0.2, 0) is 14.3 Å². The molecule has 4 heteroatoms. The van der Waals surface area contributed by atoms with Gasteiger partial charge in [-0.3, -0.25) is 0 Å². The highest BCUT2D eigenvalue weighted by Crippen LogP contribution is 2.14. The first-order valence-electron chi connectivity index (χ1n) is 7.67. The third kappa shape index (κ3) is 7.25. The van der Waals surface area contributed by atoms with E-state index in [0.717, 1.165) is 25.1 Å². The maximum absolute atomic E-state index is 12.0. The number of rotatable bonds is 10. The van der Waals surface area contributed by atoms with E-state index in [1.807, 2.05) is 37.3 Å². The van der Waals surface area contributed by atoms with Gasteiger partial charge in [0, 0.05) is 13.2 Å². The molecule has 0 bridgehead atoms. The van der Waals surface area contributed by atoms with Crippen LogP contribution in [-0.4, -0.2) is 32.3 Å². The van der Waals surface area contributed by atoms with Crippen molar-refractivity contribution in [2.24, 2.45) is 5.92 Å². The van der Waals surface area contributed by atoms with E-state index >= 15 is 0 Å². The van der Waals surface area contributed by atoms with Gasteiger partial charge in [-0.1, -0.05) is 44.2 Å². The van der Waals surface area contributed by atoms with E-state index in [1.165, 1.54) is 0 Å². The molecular weight excluding hydrogens is 266 g/mol. The van der Waals surface area contributed by atoms with E-state index in [4.69, 9.17) is 9.47 Å². The Bertz CT molecular complexity index is 392. The number of nitrogens with one attached hydrogen (secondary N) is 1. The second-order valence-corrected chi connectivity index (χ2v) is 5.37. The number of ether oxygens (including phenoxy) is 2. The monoisotopic (exact) mass is 293 g/mol. The minimum atomic E-state index is -0.406. The summed E-state index contributed by atoms with van der Waals surface area (Å²) >= 11 is 0. The summed E-state index contributed by atoms with van der Waals surface area (Å²) in [6, 6.07) is 9.25. The Morgan fingerprint density at radius 3 is 2.57 bits per heavy atom. The van der Waals surface area contributed by atoms with Crippen molar-refractivity contribution in [3.8, 4) is 0 Å². The summed E-state index contributed by atoms with van der Waals surface area (Å²) in [7, 11) is 0. The van der Waals surface area contributed by atoms with Crippen LogP contribution in [0.5, 0.6) is 0 Å². The van der Waals surface area contributed by atoms with Crippen LogP contribution in [0.2, 0.25) is 0 Å². The molecule has 0 aliphatic rings. The van der Waals surface area contributed by atoms with Gasteiger partial charge in [0.25, 0.3) is 0 Å². The Labute approximate surface area is 127 Å². The third-order valence-electron chi connectivity index (χ3n) is 2.92. The van der Waals surface area contributed by atoms with Gasteiger partial charge in [-0.25, -0.2) is 4.79 Å². The molecular formula is C17H27NO3. The first kappa shape index (κ1) is 17.7. The summed E-state index contributed by atoms with van der Waals surface area (Å²) in [6.45, 7) is 8.67. The Morgan fingerprint density at radius 1 is 1.24 bits per heavy atom. The summed E-state index contributed by atoms with van der Waals surface area (Å²) in [6.07, 6.45) is 0.870. The Morgan fingerprint density at radius 2 is 1.95 bits per heavy atom. The molecule has 0 saturated carbocycles. The molecule has 0 radical (unpaired) electrons. The van der Waals surface area contributed by atoms with Crippen LogP contribution in [0.1, 0.15) is 38.8 Å². The number of benzene rings is 1. The fourth-order valence-electron chi connectivity index (χ4n) is 1.95. The van der Waals surface area contributed by atoms with Crippen LogP contribution < -0.4 is 5.32 Å². The Balaban J connectivity index is 2.42. The molecule has 1 aromatic rings. The van der Waals surface area contributed by atoms with Gasteiger partial charge in [0.15, 0.2) is 0 Å². The normalized spacial score (nSPS) is 12.4. The summed E-state index contributed by atoms with van der Waals surface area (Å²) in [5.74, 6) is 0.321. The molecule has 4 nitrogen and oxygen atoms in total. The number of esters is 1. The van der Waals surface area contributed by atoms with Crippen molar-refractivity contribution in [1.29, 1.82) is 0 Å². The molecule has 0 fully saturated rings. The fraction of sp³-hybridized carbons (Fsp3) is 0.588. The molecule has 1 atom stereocenters. The van der Waals surface area contributed by atoms with Gasteiger partial charge in [0.1, 0.15) is 6.04 Å². The highest BCUT2D eigenvalue weighted by Gasteiger charge is 2.20. The van der Waals surface area contributed by atoms with Crippen LogP contribution in [0.4, 0.5) is 0 Å². The van der Waals surface area contributed by atoms with Crippen LogP contribution >= 0.6 is 0 Å². The average molecular weight is 293 g/mol. The minimum absolute atomic E-state index is 0.230. The molecule has 1 N–H and O–H groups in total. The molecule has 0 saturated heterocycles. The largest absolute Gasteiger partial charge is 0.465 e. The third-order valence-corrected chi connectivity index (χ3v) is 2.92. The summed E-state index contributed by atoms with van der Waals surface area (Å²) in [5, 5.41) is 3.25. The van der Waals surface area contributed by atoms with Crippen LogP contribution in [0, 0.1) is 5.92 Å². The second-order valence-electron chi connectivity index (χ2n) is 5.37. The molecule has 0 aliphatic heterocycles. The first-order valence-corrected chi connectivity index (χ1v) is 7.67. The number of carbonyl (C=O) groups excluding carboxylic acids is 1. The zero-order valence-corrected chi connectivity index (χ0v) is 13.3. The molecule has 0 heterocycles. The lowest BCUT2D eigenvalue weighted by molar-refractivity contribution is -0.145. The van der Waals surface area contributed by atoms with Gasteiger partial charge in [0.05, 0.1) is 6.61 Å². The van der Waals surface area contributed by atoms with Crippen molar-refractivity contribution >= 4 is 5.97 Å². The van der Waals surface area contributed by atoms with Crippen molar-refractivity contribution in [2.45, 2.75) is 33.2 Å². The topological polar surface area (TPSA) is 47.6 Å². The van der Waals surface area contributed by atoms with Gasteiger partial charge in [0.2, 0.25) is 0 Å². The van der Waals surface area contributed by atoms with Crippen molar-refractivity contribution in [3.05, 3.63) is 35.9 Å². The molecule has 0 aromatic heterocycles. The molecule has 0 amide bonds. The van der Waals surface area contributed by atoms with Gasteiger partial charge in [-0.15, -0.1) is 0 Å². The predicted octanol–water partition coefficient (Wildman–Crippen LogP) is 2.94. The average Bonchev–Trinajstić information content (AvgIpc) is 2.47. The highest BCUT2D eigenvalue weighted by molar-refractivity contribution is 5.77.